The summed E-state index contributed by atoms with van der Waals surface area (Å²) in [6.07, 6.45) is 3.41. The topological polar surface area (TPSA) is 89.3 Å². The van der Waals surface area contributed by atoms with E-state index in [1.807, 2.05) is 0 Å². The van der Waals surface area contributed by atoms with Gasteiger partial charge in [-0.15, -0.1) is 0 Å². The Morgan fingerprint density at radius 1 is 1.40 bits per heavy atom. The van der Waals surface area contributed by atoms with Crippen molar-refractivity contribution in [1.82, 2.24) is 14.8 Å². The molecular formula is C9H9N5O. The normalized spacial score (nSPS) is 11.6. The molecule has 2 rings (SSSR count). The molecule has 0 atom stereocenters. The summed E-state index contributed by atoms with van der Waals surface area (Å²) in [6.45, 7) is 0. The van der Waals surface area contributed by atoms with Crippen molar-refractivity contribution in [2.45, 2.75) is 0 Å². The maximum Gasteiger partial charge on any atom is 0.188 e. The zero-order valence-corrected chi connectivity index (χ0v) is 7.78. The average Bonchev–Trinajstić information content (AvgIpc) is 2.82. The van der Waals surface area contributed by atoms with Gasteiger partial charge in [-0.3, -0.25) is 0 Å². The molecular weight excluding hydrogens is 194 g/mol. The Labute approximate surface area is 85.7 Å². The Kier molecular flexibility index (Phi) is 2.32. The van der Waals surface area contributed by atoms with Crippen LogP contribution in [-0.4, -0.2) is 25.8 Å². The fourth-order valence-corrected chi connectivity index (χ4v) is 1.15. The second kappa shape index (κ2) is 3.79. The molecule has 2 aromatic rings. The standard InChI is InChI=1S/C9H9N5O/c10-9(13-15)7-3-1-4-8(12-7)14-6-2-5-11-14/h1-6,15H,(H2,10,13). The molecule has 0 saturated carbocycles. The first kappa shape index (κ1) is 9.20. The Balaban J connectivity index is 2.44. The van der Waals surface area contributed by atoms with Crippen molar-refractivity contribution in [3.63, 3.8) is 0 Å². The number of aromatic nitrogens is 3. The third-order valence-corrected chi connectivity index (χ3v) is 1.84. The third-order valence-electron chi connectivity index (χ3n) is 1.84. The van der Waals surface area contributed by atoms with Gasteiger partial charge in [0.1, 0.15) is 5.69 Å². The minimum atomic E-state index is -0.0241. The van der Waals surface area contributed by atoms with Crippen LogP contribution in [0.5, 0.6) is 0 Å². The van der Waals surface area contributed by atoms with E-state index < -0.39 is 0 Å². The SMILES string of the molecule is NC(=NO)c1cccc(-n2cccn2)n1. The van der Waals surface area contributed by atoms with Gasteiger partial charge >= 0.3 is 0 Å². The largest absolute Gasteiger partial charge is 0.409 e. The first-order valence-electron chi connectivity index (χ1n) is 4.26. The molecule has 76 valence electrons. The van der Waals surface area contributed by atoms with Gasteiger partial charge in [0.15, 0.2) is 11.7 Å². The summed E-state index contributed by atoms with van der Waals surface area (Å²) in [6, 6.07) is 6.98. The molecule has 2 heterocycles. The van der Waals surface area contributed by atoms with E-state index >= 15 is 0 Å². The van der Waals surface area contributed by atoms with Crippen LogP contribution in [0, 0.1) is 0 Å². The maximum atomic E-state index is 8.51. The number of oxime groups is 1. The van der Waals surface area contributed by atoms with Gasteiger partial charge in [-0.2, -0.15) is 5.10 Å². The molecule has 0 aliphatic heterocycles. The highest BCUT2D eigenvalue weighted by atomic mass is 16.4. The quantitative estimate of drug-likeness (QED) is 0.319. The molecule has 6 heteroatoms. The summed E-state index contributed by atoms with van der Waals surface area (Å²) in [4.78, 5) is 4.17. The van der Waals surface area contributed by atoms with Crippen LogP contribution in [0.3, 0.4) is 0 Å². The first-order chi connectivity index (χ1) is 7.31. The minimum Gasteiger partial charge on any atom is -0.409 e. The fraction of sp³-hybridized carbons (Fsp3) is 0. The van der Waals surface area contributed by atoms with Crippen molar-refractivity contribution in [2.75, 3.05) is 0 Å². The van der Waals surface area contributed by atoms with Crippen LogP contribution >= 0.6 is 0 Å². The monoisotopic (exact) mass is 203 g/mol. The molecule has 0 amide bonds. The van der Waals surface area contributed by atoms with Gasteiger partial charge in [0.25, 0.3) is 0 Å². The van der Waals surface area contributed by atoms with Crippen LogP contribution in [0.4, 0.5) is 0 Å². The first-order valence-corrected chi connectivity index (χ1v) is 4.26. The van der Waals surface area contributed by atoms with Crippen molar-refractivity contribution in [2.24, 2.45) is 10.9 Å². The third kappa shape index (κ3) is 1.78. The van der Waals surface area contributed by atoms with Crippen LogP contribution in [0.2, 0.25) is 0 Å². The van der Waals surface area contributed by atoms with Crippen LogP contribution in [0.15, 0.2) is 41.8 Å². The Morgan fingerprint density at radius 2 is 2.27 bits per heavy atom. The predicted octanol–water partition coefficient (Wildman–Crippen LogP) is 0.362. The molecule has 0 fully saturated rings. The molecule has 0 spiro atoms. The molecule has 0 aliphatic carbocycles. The van der Waals surface area contributed by atoms with Gasteiger partial charge in [-0.25, -0.2) is 9.67 Å². The van der Waals surface area contributed by atoms with Crippen molar-refractivity contribution >= 4 is 5.84 Å². The zero-order chi connectivity index (χ0) is 10.7. The molecule has 0 aromatic carbocycles. The van der Waals surface area contributed by atoms with E-state index in [0.29, 0.717) is 11.5 Å². The van der Waals surface area contributed by atoms with Crippen molar-refractivity contribution < 1.29 is 5.21 Å². The molecule has 0 aliphatic rings. The summed E-state index contributed by atoms with van der Waals surface area (Å²) >= 11 is 0. The van der Waals surface area contributed by atoms with E-state index in [9.17, 15) is 0 Å². The highest BCUT2D eigenvalue weighted by Crippen LogP contribution is 2.03. The number of pyridine rings is 1. The molecule has 3 N–H and O–H groups in total. The van der Waals surface area contributed by atoms with Crippen LogP contribution in [-0.2, 0) is 0 Å². The van der Waals surface area contributed by atoms with Crippen LogP contribution < -0.4 is 5.73 Å². The summed E-state index contributed by atoms with van der Waals surface area (Å²) in [5.74, 6) is 0.591. The number of hydrogen-bond donors (Lipinski definition) is 2. The molecule has 6 nitrogen and oxygen atoms in total. The van der Waals surface area contributed by atoms with E-state index in [0.717, 1.165) is 0 Å². The fourth-order valence-electron chi connectivity index (χ4n) is 1.15. The summed E-state index contributed by atoms with van der Waals surface area (Å²) in [5.41, 5.74) is 5.83. The van der Waals surface area contributed by atoms with Crippen molar-refractivity contribution in [3.05, 3.63) is 42.4 Å². The highest BCUT2D eigenvalue weighted by molar-refractivity contribution is 5.95. The molecule has 0 unspecified atom stereocenters. The summed E-state index contributed by atoms with van der Waals surface area (Å²) in [7, 11) is 0. The maximum absolute atomic E-state index is 8.51. The number of nitrogens with zero attached hydrogens (tertiary/aromatic N) is 4. The van der Waals surface area contributed by atoms with Gasteiger partial charge in [-0.05, 0) is 18.2 Å². The predicted molar refractivity (Wildman–Crippen MR) is 53.9 cm³/mol. The second-order valence-electron chi connectivity index (χ2n) is 2.82. The van der Waals surface area contributed by atoms with Gasteiger partial charge < -0.3 is 10.9 Å². The van der Waals surface area contributed by atoms with Gasteiger partial charge in [0, 0.05) is 12.4 Å². The molecule has 0 radical (unpaired) electrons. The van der Waals surface area contributed by atoms with Gasteiger partial charge in [0.05, 0.1) is 0 Å². The Morgan fingerprint density at radius 3 is 2.93 bits per heavy atom. The van der Waals surface area contributed by atoms with E-state index in [1.54, 1.807) is 41.3 Å². The lowest BCUT2D eigenvalue weighted by Crippen LogP contribution is -2.16. The van der Waals surface area contributed by atoms with Gasteiger partial charge in [0.2, 0.25) is 0 Å². The van der Waals surface area contributed by atoms with Crippen LogP contribution in [0.25, 0.3) is 5.82 Å². The molecule has 0 bridgehead atoms. The summed E-state index contributed by atoms with van der Waals surface area (Å²) < 4.78 is 1.59. The number of hydrogen-bond acceptors (Lipinski definition) is 4. The van der Waals surface area contributed by atoms with E-state index in [-0.39, 0.29) is 5.84 Å². The lowest BCUT2D eigenvalue weighted by atomic mass is 10.3. The zero-order valence-electron chi connectivity index (χ0n) is 7.78. The van der Waals surface area contributed by atoms with E-state index in [4.69, 9.17) is 10.9 Å². The lowest BCUT2D eigenvalue weighted by Gasteiger charge is -2.02. The minimum absolute atomic E-state index is 0.0241. The second-order valence-corrected chi connectivity index (χ2v) is 2.82. The number of nitrogens with two attached hydrogens (primary N) is 1. The van der Waals surface area contributed by atoms with Gasteiger partial charge in [-0.1, -0.05) is 11.2 Å². The molecule has 0 saturated heterocycles. The smallest absolute Gasteiger partial charge is 0.188 e. The number of rotatable bonds is 2. The van der Waals surface area contributed by atoms with Crippen LogP contribution in [0.1, 0.15) is 5.69 Å². The molecule has 2 aromatic heterocycles. The Hall–Kier alpha value is -2.37. The van der Waals surface area contributed by atoms with E-state index in [2.05, 4.69) is 15.2 Å². The van der Waals surface area contributed by atoms with E-state index in [1.165, 1.54) is 0 Å². The van der Waals surface area contributed by atoms with Crippen molar-refractivity contribution in [3.8, 4) is 5.82 Å². The number of amidine groups is 1. The van der Waals surface area contributed by atoms with Crippen molar-refractivity contribution in [1.29, 1.82) is 0 Å². The average molecular weight is 203 g/mol. The molecule has 15 heavy (non-hydrogen) atoms. The Bertz CT molecular complexity index is 477. The summed E-state index contributed by atoms with van der Waals surface area (Å²) in [5, 5.41) is 15.4. The lowest BCUT2D eigenvalue weighted by molar-refractivity contribution is 0.318. The highest BCUT2D eigenvalue weighted by Gasteiger charge is 2.03.